The number of carbonyl (C=O) groups excluding carboxylic acids is 1. The standard InChI is InChI=1S/C20H25N3O2/c21-12-17-4-3-5-18(17)20(25)22-13-15-7-9-16(10-8-15)14-23-11-2-1-6-19(23)24/h1-2,6-11,17-18H,3-5,12-14,21H2,(H,22,25)/t17-,18-/m1/s1. The number of hydrogen-bond donors (Lipinski definition) is 2. The predicted octanol–water partition coefficient (Wildman–Crippen LogP) is 1.89. The maximum absolute atomic E-state index is 12.3. The molecule has 0 spiro atoms. The van der Waals surface area contributed by atoms with Crippen LogP contribution in [-0.2, 0) is 17.9 Å². The van der Waals surface area contributed by atoms with Crippen LogP contribution < -0.4 is 16.6 Å². The Bertz CT molecular complexity index is 767. The number of rotatable bonds is 6. The maximum atomic E-state index is 12.3. The third kappa shape index (κ3) is 4.37. The van der Waals surface area contributed by atoms with Crippen LogP contribution >= 0.6 is 0 Å². The lowest BCUT2D eigenvalue weighted by Gasteiger charge is -2.17. The van der Waals surface area contributed by atoms with Crippen molar-refractivity contribution in [1.29, 1.82) is 0 Å². The number of nitrogens with zero attached hydrogens (tertiary/aromatic N) is 1. The van der Waals surface area contributed by atoms with Crippen molar-refractivity contribution in [2.24, 2.45) is 17.6 Å². The van der Waals surface area contributed by atoms with E-state index >= 15 is 0 Å². The summed E-state index contributed by atoms with van der Waals surface area (Å²) in [6.07, 6.45) is 4.88. The first-order valence-corrected chi connectivity index (χ1v) is 8.88. The van der Waals surface area contributed by atoms with Crippen molar-refractivity contribution < 1.29 is 4.79 Å². The Hall–Kier alpha value is -2.40. The molecule has 2 atom stereocenters. The summed E-state index contributed by atoms with van der Waals surface area (Å²) in [5, 5.41) is 3.03. The zero-order valence-corrected chi connectivity index (χ0v) is 14.4. The van der Waals surface area contributed by atoms with E-state index in [2.05, 4.69) is 5.32 Å². The van der Waals surface area contributed by atoms with Gasteiger partial charge in [-0.05, 0) is 42.5 Å². The van der Waals surface area contributed by atoms with Gasteiger partial charge in [-0.15, -0.1) is 0 Å². The molecule has 1 aliphatic rings. The molecule has 0 saturated heterocycles. The van der Waals surface area contributed by atoms with E-state index in [9.17, 15) is 9.59 Å². The normalized spacial score (nSPS) is 19.7. The SMILES string of the molecule is NC[C@H]1CCC[C@H]1C(=O)NCc1ccc(Cn2ccccc2=O)cc1. The van der Waals surface area contributed by atoms with Crippen molar-refractivity contribution >= 4 is 5.91 Å². The van der Waals surface area contributed by atoms with Crippen LogP contribution in [0.15, 0.2) is 53.5 Å². The van der Waals surface area contributed by atoms with E-state index in [-0.39, 0.29) is 17.4 Å². The van der Waals surface area contributed by atoms with Gasteiger partial charge in [0.15, 0.2) is 0 Å². The Balaban J connectivity index is 1.55. The fourth-order valence-electron chi connectivity index (χ4n) is 3.53. The van der Waals surface area contributed by atoms with E-state index in [0.717, 1.165) is 30.4 Å². The van der Waals surface area contributed by atoms with Crippen molar-refractivity contribution in [2.75, 3.05) is 6.54 Å². The molecule has 0 unspecified atom stereocenters. The first kappa shape index (κ1) is 17.4. The van der Waals surface area contributed by atoms with Gasteiger partial charge in [0.25, 0.3) is 5.56 Å². The maximum Gasteiger partial charge on any atom is 0.250 e. The second-order valence-corrected chi connectivity index (χ2v) is 6.73. The molecule has 5 heteroatoms. The summed E-state index contributed by atoms with van der Waals surface area (Å²) in [6.45, 7) is 1.66. The zero-order valence-electron chi connectivity index (χ0n) is 14.4. The molecule has 1 amide bonds. The van der Waals surface area contributed by atoms with E-state index in [0.29, 0.717) is 25.6 Å². The quantitative estimate of drug-likeness (QED) is 0.844. The van der Waals surface area contributed by atoms with Crippen LogP contribution in [0, 0.1) is 11.8 Å². The summed E-state index contributed by atoms with van der Waals surface area (Å²) in [5.74, 6) is 0.508. The van der Waals surface area contributed by atoms with Crippen LogP contribution in [0.1, 0.15) is 30.4 Å². The number of nitrogens with two attached hydrogens (primary N) is 1. The van der Waals surface area contributed by atoms with E-state index in [1.54, 1.807) is 22.9 Å². The highest BCUT2D eigenvalue weighted by molar-refractivity contribution is 5.79. The van der Waals surface area contributed by atoms with Gasteiger partial charge >= 0.3 is 0 Å². The third-order valence-electron chi connectivity index (χ3n) is 5.04. The predicted molar refractivity (Wildman–Crippen MR) is 98.0 cm³/mol. The summed E-state index contributed by atoms with van der Waals surface area (Å²) in [5.41, 5.74) is 7.86. The Morgan fingerprint density at radius 1 is 1.12 bits per heavy atom. The van der Waals surface area contributed by atoms with Crippen LogP contribution in [0.25, 0.3) is 0 Å². The molecule has 5 nitrogen and oxygen atoms in total. The molecule has 1 aliphatic carbocycles. The van der Waals surface area contributed by atoms with Crippen LogP contribution in [0.5, 0.6) is 0 Å². The summed E-state index contributed by atoms with van der Waals surface area (Å²) in [4.78, 5) is 24.1. The Kier molecular flexibility index (Phi) is 5.66. The monoisotopic (exact) mass is 339 g/mol. The van der Waals surface area contributed by atoms with Crippen molar-refractivity contribution in [3.8, 4) is 0 Å². The summed E-state index contributed by atoms with van der Waals surface area (Å²) < 4.78 is 1.67. The summed E-state index contributed by atoms with van der Waals surface area (Å²) in [6, 6.07) is 13.1. The Morgan fingerprint density at radius 3 is 2.60 bits per heavy atom. The van der Waals surface area contributed by atoms with Gasteiger partial charge in [-0.1, -0.05) is 36.8 Å². The molecule has 3 N–H and O–H groups in total. The molecule has 0 aliphatic heterocycles. The summed E-state index contributed by atoms with van der Waals surface area (Å²) >= 11 is 0. The van der Waals surface area contributed by atoms with E-state index in [1.807, 2.05) is 30.3 Å². The smallest absolute Gasteiger partial charge is 0.250 e. The average Bonchev–Trinajstić information content (AvgIpc) is 3.12. The molecule has 0 radical (unpaired) electrons. The van der Waals surface area contributed by atoms with E-state index < -0.39 is 0 Å². The number of nitrogens with one attached hydrogen (secondary N) is 1. The number of hydrogen-bond acceptors (Lipinski definition) is 3. The van der Waals surface area contributed by atoms with Gasteiger partial charge in [-0.25, -0.2) is 0 Å². The molecule has 25 heavy (non-hydrogen) atoms. The van der Waals surface area contributed by atoms with Gasteiger partial charge in [-0.2, -0.15) is 0 Å². The number of amides is 1. The molecule has 0 bridgehead atoms. The molecule has 1 fully saturated rings. The molecule has 132 valence electrons. The molecule has 1 aromatic heterocycles. The van der Waals surface area contributed by atoms with Crippen LogP contribution in [0.2, 0.25) is 0 Å². The van der Waals surface area contributed by atoms with Crippen LogP contribution in [-0.4, -0.2) is 17.0 Å². The topological polar surface area (TPSA) is 77.1 Å². The Labute approximate surface area is 147 Å². The van der Waals surface area contributed by atoms with Crippen LogP contribution in [0.3, 0.4) is 0 Å². The highest BCUT2D eigenvalue weighted by Gasteiger charge is 2.31. The fraction of sp³-hybridized carbons (Fsp3) is 0.400. The summed E-state index contributed by atoms with van der Waals surface area (Å²) in [7, 11) is 0. The third-order valence-corrected chi connectivity index (χ3v) is 5.04. The Morgan fingerprint density at radius 2 is 1.88 bits per heavy atom. The number of pyridine rings is 1. The molecule has 3 rings (SSSR count). The largest absolute Gasteiger partial charge is 0.352 e. The number of benzene rings is 1. The second kappa shape index (κ2) is 8.12. The first-order chi connectivity index (χ1) is 12.2. The van der Waals surface area contributed by atoms with Gasteiger partial charge in [0, 0.05) is 24.7 Å². The van der Waals surface area contributed by atoms with Gasteiger partial charge in [0.1, 0.15) is 0 Å². The molecule has 2 aromatic rings. The van der Waals surface area contributed by atoms with Gasteiger partial charge in [0.05, 0.1) is 6.54 Å². The van der Waals surface area contributed by atoms with Gasteiger partial charge in [-0.3, -0.25) is 9.59 Å². The van der Waals surface area contributed by atoms with E-state index in [1.165, 1.54) is 0 Å². The lowest BCUT2D eigenvalue weighted by molar-refractivity contribution is -0.126. The van der Waals surface area contributed by atoms with Crippen molar-refractivity contribution in [3.05, 3.63) is 70.1 Å². The number of carbonyl (C=O) groups is 1. The average molecular weight is 339 g/mol. The van der Waals surface area contributed by atoms with Crippen molar-refractivity contribution in [3.63, 3.8) is 0 Å². The molecule has 1 heterocycles. The van der Waals surface area contributed by atoms with Crippen LogP contribution in [0.4, 0.5) is 0 Å². The lowest BCUT2D eigenvalue weighted by Crippen LogP contribution is -2.34. The van der Waals surface area contributed by atoms with Crippen molar-refractivity contribution in [2.45, 2.75) is 32.4 Å². The minimum Gasteiger partial charge on any atom is -0.352 e. The minimum absolute atomic E-state index is 0.00939. The minimum atomic E-state index is -0.00939. The van der Waals surface area contributed by atoms with Crippen molar-refractivity contribution in [1.82, 2.24) is 9.88 Å². The van der Waals surface area contributed by atoms with Gasteiger partial charge < -0.3 is 15.6 Å². The zero-order chi connectivity index (χ0) is 17.6. The first-order valence-electron chi connectivity index (χ1n) is 8.88. The molecular weight excluding hydrogens is 314 g/mol. The van der Waals surface area contributed by atoms with Gasteiger partial charge in [0.2, 0.25) is 5.91 Å². The fourth-order valence-corrected chi connectivity index (χ4v) is 3.53. The highest BCUT2D eigenvalue weighted by Crippen LogP contribution is 2.30. The molecule has 1 aromatic carbocycles. The molecular formula is C20H25N3O2. The second-order valence-electron chi connectivity index (χ2n) is 6.73. The molecule has 1 saturated carbocycles. The van der Waals surface area contributed by atoms with E-state index in [4.69, 9.17) is 5.73 Å². The highest BCUT2D eigenvalue weighted by atomic mass is 16.2. The lowest BCUT2D eigenvalue weighted by atomic mass is 9.95. The number of aromatic nitrogens is 1.